The zero-order valence-electron chi connectivity index (χ0n) is 11.7. The Morgan fingerprint density at radius 1 is 1.30 bits per heavy atom. The van der Waals surface area contributed by atoms with Gasteiger partial charge in [-0.2, -0.15) is 4.98 Å². The fraction of sp³-hybridized carbons (Fsp3) is 0.0714. The lowest BCUT2D eigenvalue weighted by atomic mass is 10.2. The molecule has 0 fully saturated rings. The molecule has 0 saturated heterocycles. The van der Waals surface area contributed by atoms with Gasteiger partial charge in [0.15, 0.2) is 12.2 Å². The molecule has 3 heterocycles. The predicted octanol–water partition coefficient (Wildman–Crippen LogP) is 3.82. The Balaban J connectivity index is 1.76. The molecule has 4 aromatic rings. The Kier molecular flexibility index (Phi) is 2.95. The molecule has 0 spiro atoms. The van der Waals surface area contributed by atoms with Crippen molar-refractivity contribution in [1.82, 2.24) is 15.1 Å². The van der Waals surface area contributed by atoms with Crippen LogP contribution in [0, 0.1) is 17.0 Å². The number of nitro benzene ring substituents is 1. The summed E-state index contributed by atoms with van der Waals surface area (Å²) in [5.41, 5.74) is 0.717. The van der Waals surface area contributed by atoms with E-state index in [0.29, 0.717) is 23.2 Å². The molecule has 0 atom stereocenters. The summed E-state index contributed by atoms with van der Waals surface area (Å²) in [6, 6.07) is 6.49. The largest absolute Gasteiger partial charge is 0.440 e. The van der Waals surface area contributed by atoms with Crippen LogP contribution >= 0.6 is 11.3 Å². The zero-order chi connectivity index (χ0) is 16.0. The van der Waals surface area contributed by atoms with Crippen LogP contribution < -0.4 is 0 Å². The number of benzene rings is 1. The molecule has 8 nitrogen and oxygen atoms in total. The summed E-state index contributed by atoms with van der Waals surface area (Å²) >= 11 is 1.42. The fourth-order valence-electron chi connectivity index (χ4n) is 2.18. The molecule has 0 saturated carbocycles. The number of oxazole rings is 1. The van der Waals surface area contributed by atoms with Gasteiger partial charge in [0.1, 0.15) is 0 Å². The van der Waals surface area contributed by atoms with Gasteiger partial charge in [0, 0.05) is 22.2 Å². The summed E-state index contributed by atoms with van der Waals surface area (Å²) in [6.45, 7) is 1.79. The molecule has 0 unspecified atom stereocenters. The second kappa shape index (κ2) is 4.99. The van der Waals surface area contributed by atoms with Gasteiger partial charge in [-0.3, -0.25) is 10.1 Å². The molecule has 1 aromatic carbocycles. The summed E-state index contributed by atoms with van der Waals surface area (Å²) in [4.78, 5) is 19.4. The minimum Gasteiger partial charge on any atom is -0.440 e. The van der Waals surface area contributed by atoms with Crippen molar-refractivity contribution in [3.05, 3.63) is 46.5 Å². The third kappa shape index (κ3) is 2.27. The molecule has 0 N–H and O–H groups in total. The van der Waals surface area contributed by atoms with E-state index in [1.54, 1.807) is 19.1 Å². The second-order valence-electron chi connectivity index (χ2n) is 4.78. The second-order valence-corrected chi connectivity index (χ2v) is 5.86. The van der Waals surface area contributed by atoms with Crippen LogP contribution in [-0.2, 0) is 0 Å². The number of nitro groups is 1. The van der Waals surface area contributed by atoms with E-state index in [4.69, 9.17) is 8.94 Å². The number of nitrogens with zero attached hydrogens (tertiary/aromatic N) is 4. The molecule has 0 aliphatic rings. The molecule has 4 rings (SSSR count). The van der Waals surface area contributed by atoms with Crippen molar-refractivity contribution in [3.63, 3.8) is 0 Å². The number of aryl methyl sites for hydroxylation is 1. The minimum atomic E-state index is -0.422. The number of hydrogen-bond acceptors (Lipinski definition) is 8. The van der Waals surface area contributed by atoms with E-state index >= 15 is 0 Å². The summed E-state index contributed by atoms with van der Waals surface area (Å²) in [5.74, 6) is 1.11. The van der Waals surface area contributed by atoms with Crippen LogP contribution in [0.25, 0.3) is 32.4 Å². The quantitative estimate of drug-likeness (QED) is 0.415. The standard InChI is InChI=1S/C14H8N4O4S/c1-7-12(21-6-15-7)13-16-14(22-17-13)11-5-8-4-9(18(19)20)2-3-10(8)23-11/h2-6H,1H3. The topological polar surface area (TPSA) is 108 Å². The molecular weight excluding hydrogens is 320 g/mol. The summed E-state index contributed by atoms with van der Waals surface area (Å²) in [7, 11) is 0. The minimum absolute atomic E-state index is 0.0466. The van der Waals surface area contributed by atoms with Crippen molar-refractivity contribution in [2.24, 2.45) is 0 Å². The number of rotatable bonds is 3. The molecular formula is C14H8N4O4S. The number of fused-ring (bicyclic) bond motifs is 1. The lowest BCUT2D eigenvalue weighted by molar-refractivity contribution is -0.384. The van der Waals surface area contributed by atoms with Crippen molar-refractivity contribution in [3.8, 4) is 22.4 Å². The highest BCUT2D eigenvalue weighted by Crippen LogP contribution is 2.35. The SMILES string of the molecule is Cc1ncoc1-c1noc(-c2cc3cc([N+](=O)[O-])ccc3s2)n1. The monoisotopic (exact) mass is 328 g/mol. The summed E-state index contributed by atoms with van der Waals surface area (Å²) < 4.78 is 11.4. The lowest BCUT2D eigenvalue weighted by Gasteiger charge is -1.89. The highest BCUT2D eigenvalue weighted by Gasteiger charge is 2.18. The van der Waals surface area contributed by atoms with Gasteiger partial charge in [-0.05, 0) is 19.1 Å². The molecule has 0 radical (unpaired) electrons. The molecule has 9 heteroatoms. The van der Waals surface area contributed by atoms with Crippen LogP contribution in [-0.4, -0.2) is 20.0 Å². The van der Waals surface area contributed by atoms with Crippen molar-refractivity contribution >= 4 is 27.1 Å². The Bertz CT molecular complexity index is 1030. The Hall–Kier alpha value is -3.07. The van der Waals surface area contributed by atoms with Crippen LogP contribution in [0.3, 0.4) is 0 Å². The van der Waals surface area contributed by atoms with Gasteiger partial charge in [0.05, 0.1) is 15.5 Å². The lowest BCUT2D eigenvalue weighted by Crippen LogP contribution is -1.85. The van der Waals surface area contributed by atoms with E-state index < -0.39 is 4.92 Å². The van der Waals surface area contributed by atoms with E-state index in [-0.39, 0.29) is 5.69 Å². The van der Waals surface area contributed by atoms with Crippen LogP contribution in [0.1, 0.15) is 5.69 Å². The van der Waals surface area contributed by atoms with Gasteiger partial charge in [-0.15, -0.1) is 11.3 Å². The number of non-ortho nitro benzene ring substituents is 1. The van der Waals surface area contributed by atoms with E-state index in [9.17, 15) is 10.1 Å². The highest BCUT2D eigenvalue weighted by molar-refractivity contribution is 7.22. The number of aromatic nitrogens is 3. The molecule has 0 aliphatic carbocycles. The van der Waals surface area contributed by atoms with Gasteiger partial charge in [0.25, 0.3) is 11.6 Å². The fourth-order valence-corrected chi connectivity index (χ4v) is 3.15. The first-order chi connectivity index (χ1) is 11.1. The summed E-state index contributed by atoms with van der Waals surface area (Å²) in [6.07, 6.45) is 1.32. The van der Waals surface area contributed by atoms with Gasteiger partial charge in [-0.25, -0.2) is 4.98 Å². The molecule has 0 bridgehead atoms. The van der Waals surface area contributed by atoms with Gasteiger partial charge in [-0.1, -0.05) is 5.16 Å². The maximum Gasteiger partial charge on any atom is 0.270 e. The third-order valence-corrected chi connectivity index (χ3v) is 4.40. The van der Waals surface area contributed by atoms with Gasteiger partial charge >= 0.3 is 0 Å². The molecule has 3 aromatic heterocycles. The number of hydrogen-bond donors (Lipinski definition) is 0. The van der Waals surface area contributed by atoms with Crippen molar-refractivity contribution < 1.29 is 13.9 Å². The van der Waals surface area contributed by atoms with Crippen LogP contribution in [0.5, 0.6) is 0 Å². The maximum atomic E-state index is 10.8. The average molecular weight is 328 g/mol. The zero-order valence-corrected chi connectivity index (χ0v) is 12.5. The van der Waals surface area contributed by atoms with Crippen LogP contribution in [0.2, 0.25) is 0 Å². The van der Waals surface area contributed by atoms with Crippen molar-refractivity contribution in [2.75, 3.05) is 0 Å². The Labute approximate surface area is 132 Å². The van der Waals surface area contributed by atoms with E-state index in [1.807, 2.05) is 0 Å². The first kappa shape index (κ1) is 13.6. The summed E-state index contributed by atoms with van der Waals surface area (Å²) in [5, 5.41) is 15.5. The normalized spacial score (nSPS) is 11.2. The first-order valence-electron chi connectivity index (χ1n) is 6.54. The Morgan fingerprint density at radius 3 is 2.91 bits per heavy atom. The predicted molar refractivity (Wildman–Crippen MR) is 82.0 cm³/mol. The number of thiophene rings is 1. The smallest absolute Gasteiger partial charge is 0.270 e. The van der Waals surface area contributed by atoms with Gasteiger partial charge in [0.2, 0.25) is 5.82 Å². The van der Waals surface area contributed by atoms with Crippen LogP contribution in [0.15, 0.2) is 39.6 Å². The van der Waals surface area contributed by atoms with E-state index in [0.717, 1.165) is 15.0 Å². The molecule has 23 heavy (non-hydrogen) atoms. The van der Waals surface area contributed by atoms with Gasteiger partial charge < -0.3 is 8.94 Å². The van der Waals surface area contributed by atoms with Crippen LogP contribution in [0.4, 0.5) is 5.69 Å². The maximum absolute atomic E-state index is 10.8. The van der Waals surface area contributed by atoms with Crippen molar-refractivity contribution in [2.45, 2.75) is 6.92 Å². The first-order valence-corrected chi connectivity index (χ1v) is 7.36. The van der Waals surface area contributed by atoms with Crippen molar-refractivity contribution in [1.29, 1.82) is 0 Å². The van der Waals surface area contributed by atoms with E-state index in [2.05, 4.69) is 15.1 Å². The molecule has 0 amide bonds. The molecule has 0 aliphatic heterocycles. The highest BCUT2D eigenvalue weighted by atomic mass is 32.1. The molecule has 114 valence electrons. The average Bonchev–Trinajstić information content (AvgIpc) is 3.24. The van der Waals surface area contributed by atoms with E-state index in [1.165, 1.54) is 29.9 Å². The third-order valence-electron chi connectivity index (χ3n) is 3.30. The Morgan fingerprint density at radius 2 is 2.17 bits per heavy atom.